The predicted octanol–water partition coefficient (Wildman–Crippen LogP) is 3.64. The molecule has 1 heterocycles. The van der Waals surface area contributed by atoms with Crippen molar-refractivity contribution in [2.45, 2.75) is 42.8 Å². The molecule has 0 spiro atoms. The fourth-order valence-corrected chi connectivity index (χ4v) is 8.23. The van der Waals surface area contributed by atoms with Gasteiger partial charge in [0.25, 0.3) is 0 Å². The molecule has 2 unspecified atom stereocenters. The number of hydrogen-bond acceptors (Lipinski definition) is 3. The number of anilines is 1. The van der Waals surface area contributed by atoms with Crippen molar-refractivity contribution in [1.82, 2.24) is 9.80 Å². The summed E-state index contributed by atoms with van der Waals surface area (Å²) >= 11 is 4.01. The third kappa shape index (κ3) is 3.91. The first-order valence-corrected chi connectivity index (χ1v) is 11.9. The van der Waals surface area contributed by atoms with Crippen LogP contribution in [0.2, 0.25) is 0 Å². The first-order valence-electron chi connectivity index (χ1n) is 11.1. The molecule has 6 rings (SSSR count). The van der Waals surface area contributed by atoms with Crippen LogP contribution in [0.3, 0.4) is 0 Å². The van der Waals surface area contributed by atoms with E-state index in [2.05, 4.69) is 31.0 Å². The summed E-state index contributed by atoms with van der Waals surface area (Å²) in [5.74, 6) is 1.33. The number of nitrogens with one attached hydrogen (secondary N) is 1. The highest BCUT2D eigenvalue weighted by Crippen LogP contribution is 2.64. The van der Waals surface area contributed by atoms with Crippen LogP contribution >= 0.6 is 15.9 Å². The third-order valence-electron chi connectivity index (χ3n) is 7.60. The molecule has 5 fully saturated rings. The van der Waals surface area contributed by atoms with E-state index >= 15 is 0 Å². The Bertz CT molecular complexity index is 823. The lowest BCUT2D eigenvalue weighted by atomic mass is 9.49. The molecule has 5 nitrogen and oxygen atoms in total. The zero-order chi connectivity index (χ0) is 20.9. The largest absolute Gasteiger partial charge is 0.340 e. The first-order chi connectivity index (χ1) is 14.3. The van der Waals surface area contributed by atoms with Gasteiger partial charge < -0.3 is 10.2 Å². The minimum atomic E-state index is -0.321. The fraction of sp³-hybridized carbons (Fsp3) is 0.652. The molecule has 4 bridgehead atoms. The maximum Gasteiger partial charge on any atom is 0.238 e. The Hall–Kier alpha value is -1.47. The van der Waals surface area contributed by atoms with Crippen molar-refractivity contribution in [3.8, 4) is 0 Å². The number of nitrogens with zero attached hydrogens (tertiary/aromatic N) is 2. The molecule has 1 aromatic rings. The summed E-state index contributed by atoms with van der Waals surface area (Å²) in [5.41, 5.74) is 0.441. The molecule has 7 heteroatoms. The molecule has 4 aliphatic carbocycles. The lowest BCUT2D eigenvalue weighted by molar-refractivity contribution is -0.157. The number of rotatable bonds is 4. The van der Waals surface area contributed by atoms with Gasteiger partial charge in [-0.15, -0.1) is 0 Å². The maximum absolute atomic E-state index is 13.6. The minimum absolute atomic E-state index is 0.108. The van der Waals surface area contributed by atoms with Gasteiger partial charge in [0, 0.05) is 36.2 Å². The van der Waals surface area contributed by atoms with Gasteiger partial charge in [0.1, 0.15) is 5.82 Å². The average Bonchev–Trinajstić information content (AvgIpc) is 2.68. The van der Waals surface area contributed by atoms with Crippen LogP contribution in [0.25, 0.3) is 0 Å². The standard InChI is InChI=1S/C23H29BrFN3O2/c24-23-12-16-9-17(13-23)11-22(10-16,15-23)21(30)28-7-5-27(6-8-28)14-20(29)26-19-3-1-18(25)2-4-19/h1-4,16-17H,5-15H2,(H,26,29). The van der Waals surface area contributed by atoms with Crippen LogP contribution < -0.4 is 5.32 Å². The number of alkyl halides is 1. The zero-order valence-electron chi connectivity index (χ0n) is 17.2. The summed E-state index contributed by atoms with van der Waals surface area (Å²) in [7, 11) is 0. The second-order valence-corrected chi connectivity index (χ2v) is 11.7. The molecule has 1 aliphatic heterocycles. The van der Waals surface area contributed by atoms with Crippen molar-refractivity contribution in [2.75, 3.05) is 38.0 Å². The highest BCUT2D eigenvalue weighted by atomic mass is 79.9. The number of piperazine rings is 1. The van der Waals surface area contributed by atoms with Crippen LogP contribution in [0.4, 0.5) is 10.1 Å². The predicted molar refractivity (Wildman–Crippen MR) is 117 cm³/mol. The number of carbonyl (C=O) groups is 2. The number of carbonyl (C=O) groups excluding carboxylic acids is 2. The number of hydrogen-bond donors (Lipinski definition) is 1. The van der Waals surface area contributed by atoms with E-state index in [9.17, 15) is 14.0 Å². The molecule has 5 aliphatic rings. The molecule has 1 N–H and O–H groups in total. The zero-order valence-corrected chi connectivity index (χ0v) is 18.8. The van der Waals surface area contributed by atoms with Gasteiger partial charge in [0.2, 0.25) is 11.8 Å². The highest BCUT2D eigenvalue weighted by Gasteiger charge is 2.60. The SMILES string of the molecule is O=C(CN1CCN(C(=O)C23CC4CC(CC(Br)(C4)C2)C3)CC1)Nc1ccc(F)cc1. The molecule has 30 heavy (non-hydrogen) atoms. The van der Waals surface area contributed by atoms with Gasteiger partial charge in [-0.25, -0.2) is 4.39 Å². The van der Waals surface area contributed by atoms with Gasteiger partial charge in [-0.2, -0.15) is 0 Å². The van der Waals surface area contributed by atoms with Gasteiger partial charge in [-0.3, -0.25) is 14.5 Å². The van der Waals surface area contributed by atoms with Gasteiger partial charge >= 0.3 is 0 Å². The van der Waals surface area contributed by atoms with Crippen molar-refractivity contribution in [1.29, 1.82) is 0 Å². The van der Waals surface area contributed by atoms with E-state index < -0.39 is 0 Å². The quantitative estimate of drug-likeness (QED) is 0.673. The normalized spacial score (nSPS) is 35.5. The summed E-state index contributed by atoms with van der Waals surface area (Å²) in [6, 6.07) is 5.79. The average molecular weight is 478 g/mol. The highest BCUT2D eigenvalue weighted by molar-refractivity contribution is 9.10. The van der Waals surface area contributed by atoms with Gasteiger partial charge in [-0.05, 0) is 74.6 Å². The maximum atomic E-state index is 13.6. The van der Waals surface area contributed by atoms with Crippen molar-refractivity contribution < 1.29 is 14.0 Å². The Morgan fingerprint density at radius 3 is 2.27 bits per heavy atom. The summed E-state index contributed by atoms with van der Waals surface area (Å²) in [6.45, 7) is 3.10. The molecule has 0 radical (unpaired) electrons. The molecule has 2 amide bonds. The van der Waals surface area contributed by atoms with Gasteiger partial charge in [0.15, 0.2) is 0 Å². The molecular formula is C23H29BrFN3O2. The molecular weight excluding hydrogens is 449 g/mol. The van der Waals surface area contributed by atoms with Crippen LogP contribution in [0.5, 0.6) is 0 Å². The number of amides is 2. The van der Waals surface area contributed by atoms with Crippen LogP contribution in [-0.4, -0.2) is 58.7 Å². The monoisotopic (exact) mass is 477 g/mol. The van der Waals surface area contributed by atoms with E-state index in [1.165, 1.54) is 31.4 Å². The third-order valence-corrected chi connectivity index (χ3v) is 8.53. The number of halogens is 2. The Labute approximate surface area is 185 Å². The van der Waals surface area contributed by atoms with Gasteiger partial charge in [0.05, 0.1) is 12.0 Å². The van der Waals surface area contributed by atoms with Crippen LogP contribution in [0, 0.1) is 23.1 Å². The second kappa shape index (κ2) is 7.59. The summed E-state index contributed by atoms with van der Waals surface area (Å²) < 4.78 is 13.2. The van der Waals surface area contributed by atoms with E-state index in [0.29, 0.717) is 56.2 Å². The molecule has 2 atom stereocenters. The van der Waals surface area contributed by atoms with E-state index in [4.69, 9.17) is 0 Å². The lowest BCUT2D eigenvalue weighted by Gasteiger charge is -2.60. The summed E-state index contributed by atoms with van der Waals surface area (Å²) in [5, 5.41) is 2.81. The fourth-order valence-electron chi connectivity index (χ4n) is 6.78. The Balaban J connectivity index is 1.15. The number of benzene rings is 1. The second-order valence-electron chi connectivity index (χ2n) is 10.0. The molecule has 1 saturated heterocycles. The van der Waals surface area contributed by atoms with E-state index in [0.717, 1.165) is 19.3 Å². The van der Waals surface area contributed by atoms with E-state index in [1.807, 2.05) is 0 Å². The first kappa shape index (κ1) is 20.4. The topological polar surface area (TPSA) is 52.7 Å². The Morgan fingerprint density at radius 1 is 1.03 bits per heavy atom. The van der Waals surface area contributed by atoms with E-state index in [1.54, 1.807) is 12.1 Å². The summed E-state index contributed by atoms with van der Waals surface area (Å²) in [6.07, 6.45) is 6.89. The van der Waals surface area contributed by atoms with Crippen LogP contribution in [-0.2, 0) is 9.59 Å². The van der Waals surface area contributed by atoms with Crippen molar-refractivity contribution >= 4 is 33.4 Å². The van der Waals surface area contributed by atoms with Crippen molar-refractivity contribution in [2.24, 2.45) is 17.3 Å². The molecule has 1 aromatic carbocycles. The van der Waals surface area contributed by atoms with Crippen molar-refractivity contribution in [3.05, 3.63) is 30.1 Å². The summed E-state index contributed by atoms with van der Waals surface area (Å²) in [4.78, 5) is 30.0. The molecule has 0 aromatic heterocycles. The molecule has 4 saturated carbocycles. The molecule has 162 valence electrons. The van der Waals surface area contributed by atoms with Crippen molar-refractivity contribution in [3.63, 3.8) is 0 Å². The lowest BCUT2D eigenvalue weighted by Crippen LogP contribution is -2.61. The van der Waals surface area contributed by atoms with E-state index in [-0.39, 0.29) is 21.5 Å². The smallest absolute Gasteiger partial charge is 0.238 e. The minimum Gasteiger partial charge on any atom is -0.340 e. The Kier molecular flexibility index (Phi) is 5.17. The van der Waals surface area contributed by atoms with Crippen LogP contribution in [0.1, 0.15) is 38.5 Å². The Morgan fingerprint density at radius 2 is 1.67 bits per heavy atom. The van der Waals surface area contributed by atoms with Crippen LogP contribution in [0.15, 0.2) is 24.3 Å². The van der Waals surface area contributed by atoms with Gasteiger partial charge in [-0.1, -0.05) is 15.9 Å².